The van der Waals surface area contributed by atoms with Crippen molar-refractivity contribution in [1.82, 2.24) is 10.3 Å². The zero-order valence-electron chi connectivity index (χ0n) is 10.5. The lowest BCUT2D eigenvalue weighted by Gasteiger charge is -2.27. The first-order chi connectivity index (χ1) is 8.88. The maximum absolute atomic E-state index is 5.80. The average molecular weight is 245 g/mol. The molecule has 96 valence electrons. The number of piperidine rings is 1. The van der Waals surface area contributed by atoms with Crippen LogP contribution < -0.4 is 15.0 Å². The molecule has 0 aromatic carbocycles. The van der Waals surface area contributed by atoms with E-state index in [0.717, 1.165) is 30.7 Å². The standard InChI is InChI=1S/C14H19N3O/c1-2-16-12(1)9-18-14-4-13(5-15-6-14)17-7-10-3-11(10)8-17/h4-6,10-12,16H,1-3,7-9H2. The van der Waals surface area contributed by atoms with Gasteiger partial charge < -0.3 is 15.0 Å². The van der Waals surface area contributed by atoms with Gasteiger partial charge in [0.1, 0.15) is 12.4 Å². The van der Waals surface area contributed by atoms with Gasteiger partial charge in [-0.25, -0.2) is 0 Å². The SMILES string of the molecule is c1ncc(N2CC3CC3C2)cc1OCC1CCN1. The predicted molar refractivity (Wildman–Crippen MR) is 69.9 cm³/mol. The van der Waals surface area contributed by atoms with Crippen LogP contribution in [-0.4, -0.2) is 37.3 Å². The van der Waals surface area contributed by atoms with E-state index in [0.29, 0.717) is 6.04 Å². The molecule has 3 aliphatic rings. The Morgan fingerprint density at radius 3 is 2.89 bits per heavy atom. The van der Waals surface area contributed by atoms with Crippen molar-refractivity contribution in [2.24, 2.45) is 11.8 Å². The Morgan fingerprint density at radius 1 is 1.33 bits per heavy atom. The third-order valence-corrected chi connectivity index (χ3v) is 4.42. The summed E-state index contributed by atoms with van der Waals surface area (Å²) in [6, 6.07) is 2.67. The first kappa shape index (κ1) is 10.6. The molecule has 18 heavy (non-hydrogen) atoms. The second kappa shape index (κ2) is 4.12. The summed E-state index contributed by atoms with van der Waals surface area (Å²) < 4.78 is 5.80. The van der Waals surface area contributed by atoms with Crippen molar-refractivity contribution in [2.75, 3.05) is 31.1 Å². The van der Waals surface area contributed by atoms with Crippen LogP contribution in [0.25, 0.3) is 0 Å². The van der Waals surface area contributed by atoms with Crippen LogP contribution in [-0.2, 0) is 0 Å². The zero-order chi connectivity index (χ0) is 11.9. The molecular formula is C14H19N3O. The third kappa shape index (κ3) is 1.94. The fourth-order valence-corrected chi connectivity index (χ4v) is 2.96. The summed E-state index contributed by atoms with van der Waals surface area (Å²) in [5.41, 5.74) is 1.22. The molecule has 3 heterocycles. The minimum absolute atomic E-state index is 0.535. The quantitative estimate of drug-likeness (QED) is 0.867. The van der Waals surface area contributed by atoms with Gasteiger partial charge in [-0.15, -0.1) is 0 Å². The Hall–Kier alpha value is -1.29. The number of nitrogens with one attached hydrogen (secondary N) is 1. The molecule has 1 aromatic heterocycles. The van der Waals surface area contributed by atoms with Crippen molar-refractivity contribution in [3.63, 3.8) is 0 Å². The molecule has 4 rings (SSSR count). The van der Waals surface area contributed by atoms with Crippen LogP contribution in [0.1, 0.15) is 12.8 Å². The van der Waals surface area contributed by atoms with E-state index in [1.54, 1.807) is 0 Å². The van der Waals surface area contributed by atoms with Crippen molar-refractivity contribution < 1.29 is 4.74 Å². The summed E-state index contributed by atoms with van der Waals surface area (Å²) >= 11 is 0. The molecule has 4 nitrogen and oxygen atoms in total. The smallest absolute Gasteiger partial charge is 0.139 e. The van der Waals surface area contributed by atoms with E-state index in [-0.39, 0.29) is 0 Å². The molecule has 0 radical (unpaired) electrons. The number of aromatic nitrogens is 1. The number of hydrogen-bond acceptors (Lipinski definition) is 4. The molecule has 0 bridgehead atoms. The van der Waals surface area contributed by atoms with Gasteiger partial charge in [0.15, 0.2) is 0 Å². The number of fused-ring (bicyclic) bond motifs is 1. The lowest BCUT2D eigenvalue weighted by molar-refractivity contribution is 0.217. The fraction of sp³-hybridized carbons (Fsp3) is 0.643. The van der Waals surface area contributed by atoms with Gasteiger partial charge in [0, 0.05) is 25.2 Å². The average Bonchev–Trinajstić information content (AvgIpc) is 2.95. The lowest BCUT2D eigenvalue weighted by Crippen LogP contribution is -2.46. The van der Waals surface area contributed by atoms with E-state index >= 15 is 0 Å². The molecule has 4 heteroatoms. The van der Waals surface area contributed by atoms with Crippen molar-refractivity contribution in [3.8, 4) is 5.75 Å². The summed E-state index contributed by atoms with van der Waals surface area (Å²) in [7, 11) is 0. The van der Waals surface area contributed by atoms with E-state index in [2.05, 4.69) is 21.3 Å². The zero-order valence-corrected chi connectivity index (χ0v) is 10.5. The van der Waals surface area contributed by atoms with Crippen molar-refractivity contribution in [2.45, 2.75) is 18.9 Å². The minimum Gasteiger partial charge on any atom is -0.490 e. The van der Waals surface area contributed by atoms with Crippen LogP contribution in [0.15, 0.2) is 18.5 Å². The Balaban J connectivity index is 1.40. The molecule has 0 amide bonds. The van der Waals surface area contributed by atoms with E-state index < -0.39 is 0 Å². The summed E-state index contributed by atoms with van der Waals surface area (Å²) in [4.78, 5) is 6.75. The van der Waals surface area contributed by atoms with Gasteiger partial charge in [-0.3, -0.25) is 4.98 Å². The van der Waals surface area contributed by atoms with Crippen molar-refractivity contribution in [3.05, 3.63) is 18.5 Å². The van der Waals surface area contributed by atoms with E-state index in [1.165, 1.54) is 31.6 Å². The van der Waals surface area contributed by atoms with Gasteiger partial charge >= 0.3 is 0 Å². The number of anilines is 1. The van der Waals surface area contributed by atoms with Crippen LogP contribution in [0, 0.1) is 11.8 Å². The van der Waals surface area contributed by atoms with Crippen LogP contribution in [0.2, 0.25) is 0 Å². The maximum atomic E-state index is 5.80. The molecule has 3 atom stereocenters. The molecule has 1 aliphatic carbocycles. The number of nitrogens with zero attached hydrogens (tertiary/aromatic N) is 2. The molecule has 3 unspecified atom stereocenters. The van der Waals surface area contributed by atoms with Gasteiger partial charge in [0.05, 0.1) is 18.1 Å². The highest BCUT2D eigenvalue weighted by Crippen LogP contribution is 2.46. The highest BCUT2D eigenvalue weighted by atomic mass is 16.5. The van der Waals surface area contributed by atoms with Gasteiger partial charge in [0.2, 0.25) is 0 Å². The van der Waals surface area contributed by atoms with Gasteiger partial charge in [0.25, 0.3) is 0 Å². The largest absolute Gasteiger partial charge is 0.490 e. The van der Waals surface area contributed by atoms with Crippen LogP contribution in [0.3, 0.4) is 0 Å². The Kier molecular flexibility index (Phi) is 2.43. The van der Waals surface area contributed by atoms with Gasteiger partial charge in [-0.2, -0.15) is 0 Å². The van der Waals surface area contributed by atoms with E-state index in [9.17, 15) is 0 Å². The summed E-state index contributed by atoms with van der Waals surface area (Å²) in [5, 5.41) is 3.34. The summed E-state index contributed by atoms with van der Waals surface area (Å²) in [5.74, 6) is 2.81. The van der Waals surface area contributed by atoms with Crippen LogP contribution in [0.5, 0.6) is 5.75 Å². The van der Waals surface area contributed by atoms with Crippen molar-refractivity contribution in [1.29, 1.82) is 0 Å². The van der Waals surface area contributed by atoms with Gasteiger partial charge in [-0.1, -0.05) is 0 Å². The number of rotatable bonds is 4. The molecule has 2 aliphatic heterocycles. The molecule has 1 saturated carbocycles. The minimum atomic E-state index is 0.535. The molecule has 1 N–H and O–H groups in total. The highest BCUT2D eigenvalue weighted by molar-refractivity contribution is 5.50. The van der Waals surface area contributed by atoms with Crippen LogP contribution in [0.4, 0.5) is 5.69 Å². The molecule has 3 fully saturated rings. The molecule has 0 spiro atoms. The number of hydrogen-bond donors (Lipinski definition) is 1. The first-order valence-corrected chi connectivity index (χ1v) is 6.95. The lowest BCUT2D eigenvalue weighted by atomic mass is 10.1. The summed E-state index contributed by atoms with van der Waals surface area (Å²) in [6.07, 6.45) is 6.44. The topological polar surface area (TPSA) is 37.4 Å². The predicted octanol–water partition coefficient (Wildman–Crippen LogP) is 1.28. The Bertz CT molecular complexity index is 436. The van der Waals surface area contributed by atoms with E-state index in [1.807, 2.05) is 12.4 Å². The molecular weight excluding hydrogens is 226 g/mol. The monoisotopic (exact) mass is 245 g/mol. The molecule has 1 aromatic rings. The number of pyridine rings is 1. The Labute approximate surface area is 107 Å². The fourth-order valence-electron chi connectivity index (χ4n) is 2.96. The van der Waals surface area contributed by atoms with Gasteiger partial charge in [-0.05, 0) is 31.2 Å². The third-order valence-electron chi connectivity index (χ3n) is 4.42. The normalized spacial score (nSPS) is 32.9. The first-order valence-electron chi connectivity index (χ1n) is 6.95. The molecule has 2 saturated heterocycles. The van der Waals surface area contributed by atoms with Crippen molar-refractivity contribution >= 4 is 5.69 Å². The second-order valence-electron chi connectivity index (χ2n) is 5.79. The Morgan fingerprint density at radius 2 is 2.17 bits per heavy atom. The maximum Gasteiger partial charge on any atom is 0.139 e. The highest BCUT2D eigenvalue weighted by Gasteiger charge is 2.45. The number of ether oxygens (including phenoxy) is 1. The summed E-state index contributed by atoms with van der Waals surface area (Å²) in [6.45, 7) is 4.30. The van der Waals surface area contributed by atoms with Crippen LogP contribution >= 0.6 is 0 Å². The van der Waals surface area contributed by atoms with E-state index in [4.69, 9.17) is 4.74 Å². The second-order valence-corrected chi connectivity index (χ2v) is 5.79.